The summed E-state index contributed by atoms with van der Waals surface area (Å²) < 4.78 is 0. The molecule has 0 aliphatic heterocycles. The van der Waals surface area contributed by atoms with Crippen molar-refractivity contribution in [1.82, 2.24) is 10.9 Å². The van der Waals surface area contributed by atoms with Crippen molar-refractivity contribution in [1.29, 1.82) is 0 Å². The topological polar surface area (TPSA) is 70.2 Å². The van der Waals surface area contributed by atoms with Crippen LogP contribution < -0.4 is 16.2 Å². The lowest BCUT2D eigenvalue weighted by Crippen LogP contribution is -2.43. The van der Waals surface area contributed by atoms with Gasteiger partial charge < -0.3 is 5.32 Å². The van der Waals surface area contributed by atoms with Crippen molar-refractivity contribution < 1.29 is 9.59 Å². The average Bonchev–Trinajstić information content (AvgIpc) is 2.53. The molecule has 0 bridgehead atoms. The summed E-state index contributed by atoms with van der Waals surface area (Å²) in [7, 11) is 0. The number of urea groups is 1. The fraction of sp³-hybridized carbons (Fsp3) is 0.0588. The first kappa shape index (κ1) is 15.3. The van der Waals surface area contributed by atoms with E-state index in [1.165, 1.54) is 6.08 Å². The van der Waals surface area contributed by atoms with Crippen LogP contribution in [0.2, 0.25) is 0 Å². The van der Waals surface area contributed by atoms with Gasteiger partial charge >= 0.3 is 6.03 Å². The summed E-state index contributed by atoms with van der Waals surface area (Å²) in [5, 5.41) is 2.59. The molecule has 0 atom stereocenters. The summed E-state index contributed by atoms with van der Waals surface area (Å²) in [6.07, 6.45) is 3.03. The second-order valence-electron chi connectivity index (χ2n) is 4.68. The van der Waals surface area contributed by atoms with Gasteiger partial charge in [0.25, 0.3) is 5.91 Å². The number of nitrogens with one attached hydrogen (secondary N) is 3. The van der Waals surface area contributed by atoms with Crippen molar-refractivity contribution in [2.45, 2.75) is 6.92 Å². The molecule has 0 saturated carbocycles. The van der Waals surface area contributed by atoms with Gasteiger partial charge in [-0.15, -0.1) is 0 Å². The molecule has 0 aliphatic rings. The Morgan fingerprint density at radius 3 is 2.27 bits per heavy atom. The molecule has 3 N–H and O–H groups in total. The summed E-state index contributed by atoms with van der Waals surface area (Å²) in [5.41, 5.74) is 7.28. The van der Waals surface area contributed by atoms with Crippen molar-refractivity contribution in [3.05, 3.63) is 71.8 Å². The van der Waals surface area contributed by atoms with Gasteiger partial charge in [-0.3, -0.25) is 10.2 Å². The Morgan fingerprint density at radius 1 is 0.909 bits per heavy atom. The lowest BCUT2D eigenvalue weighted by atomic mass is 10.1. The van der Waals surface area contributed by atoms with Crippen LogP contribution in [-0.4, -0.2) is 11.9 Å². The number of para-hydroxylation sites is 1. The molecule has 0 unspecified atom stereocenters. The monoisotopic (exact) mass is 295 g/mol. The third-order valence-electron chi connectivity index (χ3n) is 2.84. The number of hydrogen-bond donors (Lipinski definition) is 3. The number of carbonyl (C=O) groups excluding carboxylic acids is 2. The lowest BCUT2D eigenvalue weighted by molar-refractivity contribution is -0.117. The molecule has 5 heteroatoms. The van der Waals surface area contributed by atoms with Crippen LogP contribution in [0.1, 0.15) is 11.1 Å². The first-order valence-corrected chi connectivity index (χ1v) is 6.80. The van der Waals surface area contributed by atoms with E-state index in [9.17, 15) is 9.59 Å². The number of amides is 3. The lowest BCUT2D eigenvalue weighted by Gasteiger charge is -2.07. The van der Waals surface area contributed by atoms with Crippen LogP contribution in [0.3, 0.4) is 0 Å². The Labute approximate surface area is 129 Å². The highest BCUT2D eigenvalue weighted by Gasteiger charge is 2.01. The third kappa shape index (κ3) is 5.13. The molecule has 2 aromatic rings. The molecule has 0 spiro atoms. The van der Waals surface area contributed by atoms with Gasteiger partial charge in [0.2, 0.25) is 0 Å². The number of anilines is 1. The molecule has 2 rings (SSSR count). The maximum atomic E-state index is 11.6. The van der Waals surface area contributed by atoms with E-state index in [-0.39, 0.29) is 0 Å². The van der Waals surface area contributed by atoms with E-state index in [0.717, 1.165) is 11.1 Å². The molecule has 112 valence electrons. The van der Waals surface area contributed by atoms with E-state index in [4.69, 9.17) is 0 Å². The zero-order chi connectivity index (χ0) is 15.8. The fourth-order valence-electron chi connectivity index (χ4n) is 1.69. The van der Waals surface area contributed by atoms with Gasteiger partial charge in [0.1, 0.15) is 0 Å². The van der Waals surface area contributed by atoms with Crippen LogP contribution in [0.5, 0.6) is 0 Å². The Morgan fingerprint density at radius 2 is 1.59 bits per heavy atom. The maximum absolute atomic E-state index is 11.6. The Balaban J connectivity index is 1.77. The minimum absolute atomic E-state index is 0.413. The van der Waals surface area contributed by atoms with Crippen LogP contribution in [0, 0.1) is 6.92 Å². The zero-order valence-electron chi connectivity index (χ0n) is 12.2. The third-order valence-corrected chi connectivity index (χ3v) is 2.84. The molecule has 0 aliphatic carbocycles. The summed E-state index contributed by atoms with van der Waals surface area (Å²) in [6, 6.07) is 16.2. The molecule has 0 aromatic heterocycles. The second kappa shape index (κ2) is 7.64. The average molecular weight is 295 g/mol. The quantitative estimate of drug-likeness (QED) is 0.602. The Kier molecular flexibility index (Phi) is 5.31. The van der Waals surface area contributed by atoms with Crippen LogP contribution >= 0.6 is 0 Å². The first-order valence-electron chi connectivity index (χ1n) is 6.80. The van der Waals surface area contributed by atoms with Gasteiger partial charge in [0, 0.05) is 11.8 Å². The first-order chi connectivity index (χ1) is 10.6. The summed E-state index contributed by atoms with van der Waals surface area (Å²) in [4.78, 5) is 23.2. The van der Waals surface area contributed by atoms with Gasteiger partial charge in [-0.25, -0.2) is 10.2 Å². The number of hydrazine groups is 1. The minimum Gasteiger partial charge on any atom is -0.307 e. The smallest absolute Gasteiger partial charge is 0.307 e. The maximum Gasteiger partial charge on any atom is 0.337 e. The number of benzene rings is 2. The fourth-order valence-corrected chi connectivity index (χ4v) is 1.69. The predicted octanol–water partition coefficient (Wildman–Crippen LogP) is 2.86. The highest BCUT2D eigenvalue weighted by Crippen LogP contribution is 2.05. The molecule has 0 radical (unpaired) electrons. The van der Waals surface area contributed by atoms with E-state index in [1.807, 2.05) is 37.3 Å². The molecular weight excluding hydrogens is 278 g/mol. The van der Waals surface area contributed by atoms with Crippen molar-refractivity contribution in [2.75, 3.05) is 5.32 Å². The van der Waals surface area contributed by atoms with E-state index in [0.29, 0.717) is 5.69 Å². The van der Waals surface area contributed by atoms with Crippen LogP contribution in [-0.2, 0) is 4.79 Å². The van der Waals surface area contributed by atoms with Gasteiger partial charge in [0.15, 0.2) is 0 Å². The second-order valence-corrected chi connectivity index (χ2v) is 4.68. The standard InChI is InChI=1S/C17H17N3O2/c1-13-7-9-14(10-8-13)11-12-16(21)19-20-17(22)18-15-5-3-2-4-6-15/h2-12H,1H3,(H,19,21)(H2,18,20,22)/b12-11+. The number of carbonyl (C=O) groups is 2. The molecular formula is C17H17N3O2. The molecule has 0 fully saturated rings. The van der Waals surface area contributed by atoms with Crippen molar-refractivity contribution in [3.8, 4) is 0 Å². The normalized spacial score (nSPS) is 10.2. The largest absolute Gasteiger partial charge is 0.337 e. The van der Waals surface area contributed by atoms with Crippen LogP contribution in [0.4, 0.5) is 10.5 Å². The molecule has 0 saturated heterocycles. The summed E-state index contributed by atoms with van der Waals surface area (Å²) in [6.45, 7) is 2.00. The summed E-state index contributed by atoms with van der Waals surface area (Å²) in [5.74, 6) is -0.413. The number of rotatable bonds is 3. The van der Waals surface area contributed by atoms with E-state index in [1.54, 1.807) is 30.3 Å². The van der Waals surface area contributed by atoms with Gasteiger partial charge in [-0.05, 0) is 30.7 Å². The van der Waals surface area contributed by atoms with Crippen LogP contribution in [0.25, 0.3) is 6.08 Å². The highest BCUT2D eigenvalue weighted by molar-refractivity contribution is 5.95. The van der Waals surface area contributed by atoms with E-state index in [2.05, 4.69) is 16.2 Å². The van der Waals surface area contributed by atoms with Crippen LogP contribution in [0.15, 0.2) is 60.7 Å². The molecule has 2 aromatic carbocycles. The van der Waals surface area contributed by atoms with Crippen molar-refractivity contribution >= 4 is 23.7 Å². The van der Waals surface area contributed by atoms with Crippen molar-refractivity contribution in [2.24, 2.45) is 0 Å². The molecule has 0 heterocycles. The van der Waals surface area contributed by atoms with E-state index < -0.39 is 11.9 Å². The van der Waals surface area contributed by atoms with Gasteiger partial charge in [-0.2, -0.15) is 0 Å². The van der Waals surface area contributed by atoms with Gasteiger partial charge in [-0.1, -0.05) is 48.0 Å². The highest BCUT2D eigenvalue weighted by atomic mass is 16.2. The SMILES string of the molecule is Cc1ccc(/C=C/C(=O)NNC(=O)Nc2ccccc2)cc1. The molecule has 5 nitrogen and oxygen atoms in total. The molecule has 3 amide bonds. The Bertz CT molecular complexity index is 664. The number of aryl methyl sites for hydroxylation is 1. The minimum atomic E-state index is -0.511. The molecule has 22 heavy (non-hydrogen) atoms. The summed E-state index contributed by atoms with van der Waals surface area (Å²) >= 11 is 0. The predicted molar refractivity (Wildman–Crippen MR) is 87.0 cm³/mol. The van der Waals surface area contributed by atoms with Gasteiger partial charge in [0.05, 0.1) is 0 Å². The van der Waals surface area contributed by atoms with E-state index >= 15 is 0 Å². The number of hydrogen-bond acceptors (Lipinski definition) is 2. The Hall–Kier alpha value is -3.08. The zero-order valence-corrected chi connectivity index (χ0v) is 12.2. The van der Waals surface area contributed by atoms with Crippen molar-refractivity contribution in [3.63, 3.8) is 0 Å².